The zero-order chi connectivity index (χ0) is 12.4. The average molecular weight is 238 g/mol. The van der Waals surface area contributed by atoms with Gasteiger partial charge in [0.2, 0.25) is 11.5 Å². The van der Waals surface area contributed by atoms with Crippen LogP contribution < -0.4 is 11.1 Å². The SMILES string of the molecule is Nc1nonc1C(=O)NC1C=CC(C(=O)O)C1. The van der Waals surface area contributed by atoms with E-state index in [9.17, 15) is 9.59 Å². The summed E-state index contributed by atoms with van der Waals surface area (Å²) in [6, 6.07) is -0.348. The molecule has 1 aromatic rings. The highest BCUT2D eigenvalue weighted by atomic mass is 16.6. The number of amides is 1. The Hall–Kier alpha value is -2.38. The molecule has 1 heterocycles. The number of carboxylic acid groups (broad SMARTS) is 1. The van der Waals surface area contributed by atoms with E-state index in [4.69, 9.17) is 10.8 Å². The van der Waals surface area contributed by atoms with Gasteiger partial charge in [-0.05, 0) is 16.7 Å². The normalized spacial score (nSPS) is 22.6. The van der Waals surface area contributed by atoms with Gasteiger partial charge in [-0.15, -0.1) is 0 Å². The number of aliphatic carboxylic acids is 1. The van der Waals surface area contributed by atoms with Crippen molar-refractivity contribution in [3.8, 4) is 0 Å². The van der Waals surface area contributed by atoms with E-state index in [0.29, 0.717) is 6.42 Å². The number of hydrogen-bond acceptors (Lipinski definition) is 6. The number of carboxylic acids is 1. The van der Waals surface area contributed by atoms with Crippen molar-refractivity contribution < 1.29 is 19.3 Å². The maximum absolute atomic E-state index is 11.6. The molecule has 0 aromatic carbocycles. The molecule has 0 fully saturated rings. The number of nitrogen functional groups attached to an aromatic ring is 1. The number of carbonyl (C=O) groups is 2. The number of rotatable bonds is 3. The molecule has 90 valence electrons. The largest absolute Gasteiger partial charge is 0.481 e. The van der Waals surface area contributed by atoms with Gasteiger partial charge in [0.1, 0.15) is 0 Å². The molecule has 1 aromatic heterocycles. The van der Waals surface area contributed by atoms with Crippen LogP contribution in [0.15, 0.2) is 16.8 Å². The molecule has 4 N–H and O–H groups in total. The van der Waals surface area contributed by atoms with Crippen LogP contribution in [0.4, 0.5) is 5.82 Å². The Morgan fingerprint density at radius 1 is 1.47 bits per heavy atom. The van der Waals surface area contributed by atoms with Crippen molar-refractivity contribution in [2.45, 2.75) is 12.5 Å². The summed E-state index contributed by atoms with van der Waals surface area (Å²) in [5, 5.41) is 18.0. The van der Waals surface area contributed by atoms with E-state index in [1.54, 1.807) is 6.08 Å². The minimum absolute atomic E-state index is 0.0979. The van der Waals surface area contributed by atoms with Gasteiger partial charge in [-0.25, -0.2) is 4.63 Å². The van der Waals surface area contributed by atoms with Crippen molar-refractivity contribution in [3.63, 3.8) is 0 Å². The van der Waals surface area contributed by atoms with E-state index in [2.05, 4.69) is 20.3 Å². The minimum Gasteiger partial charge on any atom is -0.481 e. The number of nitrogens with two attached hydrogens (primary N) is 1. The Kier molecular flexibility index (Phi) is 2.77. The summed E-state index contributed by atoms with van der Waals surface area (Å²) >= 11 is 0. The molecule has 2 atom stereocenters. The maximum atomic E-state index is 11.6. The molecular weight excluding hydrogens is 228 g/mol. The van der Waals surface area contributed by atoms with E-state index in [-0.39, 0.29) is 17.6 Å². The van der Waals surface area contributed by atoms with Gasteiger partial charge in [-0.2, -0.15) is 0 Å². The molecule has 1 aliphatic rings. The molecule has 8 nitrogen and oxygen atoms in total. The Labute approximate surface area is 95.4 Å². The number of nitrogens with zero attached hydrogens (tertiary/aromatic N) is 2. The molecule has 8 heteroatoms. The highest BCUT2D eigenvalue weighted by molar-refractivity contribution is 5.96. The fraction of sp³-hybridized carbons (Fsp3) is 0.333. The molecule has 0 aliphatic heterocycles. The first-order chi connectivity index (χ1) is 8.08. The molecule has 1 aliphatic carbocycles. The van der Waals surface area contributed by atoms with Gasteiger partial charge < -0.3 is 16.2 Å². The molecule has 17 heavy (non-hydrogen) atoms. The first-order valence-corrected chi connectivity index (χ1v) is 4.88. The van der Waals surface area contributed by atoms with E-state index < -0.39 is 17.8 Å². The summed E-state index contributed by atoms with van der Waals surface area (Å²) in [5.74, 6) is -2.13. The van der Waals surface area contributed by atoms with Crippen LogP contribution in [0.5, 0.6) is 0 Å². The van der Waals surface area contributed by atoms with Crippen molar-refractivity contribution in [1.29, 1.82) is 0 Å². The summed E-state index contributed by atoms with van der Waals surface area (Å²) in [7, 11) is 0. The van der Waals surface area contributed by atoms with Crippen LogP contribution >= 0.6 is 0 Å². The lowest BCUT2D eigenvalue weighted by Crippen LogP contribution is -2.33. The molecule has 2 unspecified atom stereocenters. The van der Waals surface area contributed by atoms with Crippen LogP contribution in [0.3, 0.4) is 0 Å². The Balaban J connectivity index is 1.96. The van der Waals surface area contributed by atoms with Crippen molar-refractivity contribution in [3.05, 3.63) is 17.8 Å². The molecule has 0 bridgehead atoms. The number of aromatic nitrogens is 2. The fourth-order valence-corrected chi connectivity index (χ4v) is 1.58. The third kappa shape index (κ3) is 2.25. The zero-order valence-corrected chi connectivity index (χ0v) is 8.66. The van der Waals surface area contributed by atoms with Crippen molar-refractivity contribution in [1.82, 2.24) is 15.6 Å². The second-order valence-corrected chi connectivity index (χ2v) is 3.64. The highest BCUT2D eigenvalue weighted by Crippen LogP contribution is 2.18. The molecule has 0 saturated heterocycles. The molecule has 0 radical (unpaired) electrons. The Morgan fingerprint density at radius 2 is 2.24 bits per heavy atom. The van der Waals surface area contributed by atoms with E-state index in [1.807, 2.05) is 0 Å². The predicted octanol–water partition coefficient (Wildman–Crippen LogP) is -0.589. The molecule has 0 saturated carbocycles. The first kappa shape index (κ1) is 11.1. The number of anilines is 1. The maximum Gasteiger partial charge on any atom is 0.310 e. The molecule has 2 rings (SSSR count). The van der Waals surface area contributed by atoms with Crippen LogP contribution in [-0.4, -0.2) is 33.3 Å². The zero-order valence-electron chi connectivity index (χ0n) is 8.66. The van der Waals surface area contributed by atoms with Gasteiger partial charge in [-0.3, -0.25) is 9.59 Å². The van der Waals surface area contributed by atoms with Crippen LogP contribution in [0.25, 0.3) is 0 Å². The predicted molar refractivity (Wildman–Crippen MR) is 54.8 cm³/mol. The number of hydrogen-bond donors (Lipinski definition) is 3. The molecule has 1 amide bonds. The molecular formula is C9H10N4O4. The van der Waals surface area contributed by atoms with Crippen molar-refractivity contribution >= 4 is 17.7 Å². The van der Waals surface area contributed by atoms with E-state index in [0.717, 1.165) is 0 Å². The van der Waals surface area contributed by atoms with Crippen LogP contribution in [0.1, 0.15) is 16.9 Å². The third-order valence-corrected chi connectivity index (χ3v) is 2.45. The van der Waals surface area contributed by atoms with Crippen LogP contribution in [0.2, 0.25) is 0 Å². The number of nitrogens with one attached hydrogen (secondary N) is 1. The smallest absolute Gasteiger partial charge is 0.310 e. The summed E-state index contributed by atoms with van der Waals surface area (Å²) in [6.07, 6.45) is 3.48. The monoisotopic (exact) mass is 238 g/mol. The average Bonchev–Trinajstić information content (AvgIpc) is 2.86. The summed E-state index contributed by atoms with van der Waals surface area (Å²) in [6.45, 7) is 0. The van der Waals surface area contributed by atoms with Crippen LogP contribution in [0, 0.1) is 5.92 Å². The quantitative estimate of drug-likeness (QED) is 0.599. The van der Waals surface area contributed by atoms with Crippen molar-refractivity contribution in [2.75, 3.05) is 5.73 Å². The van der Waals surface area contributed by atoms with Gasteiger partial charge in [-0.1, -0.05) is 12.2 Å². The Bertz CT molecular complexity index is 481. The molecule has 0 spiro atoms. The topological polar surface area (TPSA) is 131 Å². The fourth-order valence-electron chi connectivity index (χ4n) is 1.58. The highest BCUT2D eigenvalue weighted by Gasteiger charge is 2.27. The van der Waals surface area contributed by atoms with Crippen LogP contribution in [-0.2, 0) is 4.79 Å². The second-order valence-electron chi connectivity index (χ2n) is 3.64. The lowest BCUT2D eigenvalue weighted by Gasteiger charge is -2.10. The first-order valence-electron chi connectivity index (χ1n) is 4.88. The van der Waals surface area contributed by atoms with Gasteiger partial charge in [0.05, 0.1) is 5.92 Å². The number of carbonyl (C=O) groups excluding carboxylic acids is 1. The van der Waals surface area contributed by atoms with Gasteiger partial charge in [0.15, 0.2) is 0 Å². The van der Waals surface area contributed by atoms with Gasteiger partial charge in [0.25, 0.3) is 5.91 Å². The van der Waals surface area contributed by atoms with E-state index in [1.165, 1.54) is 6.08 Å². The van der Waals surface area contributed by atoms with Crippen molar-refractivity contribution in [2.24, 2.45) is 5.92 Å². The summed E-state index contributed by atoms with van der Waals surface area (Å²) in [5.41, 5.74) is 5.25. The van der Waals surface area contributed by atoms with Gasteiger partial charge in [0, 0.05) is 6.04 Å². The lowest BCUT2D eigenvalue weighted by molar-refractivity contribution is -0.140. The summed E-state index contributed by atoms with van der Waals surface area (Å²) < 4.78 is 4.29. The second kappa shape index (κ2) is 4.24. The van der Waals surface area contributed by atoms with E-state index >= 15 is 0 Å². The Morgan fingerprint density at radius 3 is 2.76 bits per heavy atom. The standard InChI is InChI=1S/C9H10N4O4/c10-7-6(12-17-13-7)8(14)11-5-2-1-4(3-5)9(15)16/h1-2,4-5H,3H2,(H2,10,13)(H,11,14)(H,15,16). The van der Waals surface area contributed by atoms with Gasteiger partial charge >= 0.3 is 5.97 Å². The summed E-state index contributed by atoms with van der Waals surface area (Å²) in [4.78, 5) is 22.3. The lowest BCUT2D eigenvalue weighted by atomic mass is 10.1. The third-order valence-electron chi connectivity index (χ3n) is 2.45. The minimum atomic E-state index is -0.916.